The zero-order valence-corrected chi connectivity index (χ0v) is 19.5. The van der Waals surface area contributed by atoms with Crippen LogP contribution >= 0.6 is 35.6 Å². The molecule has 2 unspecified atom stereocenters. The third-order valence-electron chi connectivity index (χ3n) is 4.96. The topological polar surface area (TPSA) is 80.6 Å². The first-order valence-electron chi connectivity index (χ1n) is 9.26. The van der Waals surface area contributed by atoms with Gasteiger partial charge in [0.05, 0.1) is 17.0 Å². The Morgan fingerprint density at radius 2 is 1.97 bits per heavy atom. The molecule has 0 spiro atoms. The second-order valence-electron chi connectivity index (χ2n) is 7.07. The molecule has 1 aliphatic rings. The van der Waals surface area contributed by atoms with Gasteiger partial charge in [0, 0.05) is 23.0 Å². The highest BCUT2D eigenvalue weighted by Crippen LogP contribution is 2.36. The van der Waals surface area contributed by atoms with Gasteiger partial charge in [-0.1, -0.05) is 23.2 Å². The number of fused-ring (bicyclic) bond motifs is 1. The van der Waals surface area contributed by atoms with Gasteiger partial charge in [0.2, 0.25) is 0 Å². The molecule has 2 atom stereocenters. The fraction of sp³-hybridized carbons (Fsp3) is 0.300. The molecule has 0 aliphatic carbocycles. The van der Waals surface area contributed by atoms with Gasteiger partial charge in [0.15, 0.2) is 11.3 Å². The number of halogens is 4. The van der Waals surface area contributed by atoms with E-state index in [4.69, 9.17) is 32.4 Å². The van der Waals surface area contributed by atoms with Gasteiger partial charge in [-0.15, -0.1) is 12.4 Å². The maximum atomic E-state index is 14.2. The molecule has 168 valence electrons. The summed E-state index contributed by atoms with van der Waals surface area (Å²) in [6.07, 6.45) is 0.104. The predicted molar refractivity (Wildman–Crippen MR) is 122 cm³/mol. The molecule has 31 heavy (non-hydrogen) atoms. The lowest BCUT2D eigenvalue weighted by Gasteiger charge is -2.27. The second-order valence-corrected chi connectivity index (χ2v) is 9.50. The number of rotatable bonds is 5. The molecule has 2 heterocycles. The summed E-state index contributed by atoms with van der Waals surface area (Å²) >= 11 is 12.2. The van der Waals surface area contributed by atoms with Crippen molar-refractivity contribution in [2.45, 2.75) is 30.5 Å². The van der Waals surface area contributed by atoms with E-state index in [1.54, 1.807) is 19.1 Å². The molecule has 0 saturated carbocycles. The van der Waals surface area contributed by atoms with Crippen LogP contribution in [0.5, 0.6) is 5.75 Å². The Hall–Kier alpha value is -1.71. The number of ether oxygens (including phenoxy) is 1. The number of benzene rings is 2. The fourth-order valence-corrected chi connectivity index (χ4v) is 5.55. The normalized spacial score (nSPS) is 19.1. The van der Waals surface area contributed by atoms with Crippen LogP contribution in [0.3, 0.4) is 0 Å². The largest absolute Gasteiger partial charge is 0.483 e. The van der Waals surface area contributed by atoms with Gasteiger partial charge in [0.1, 0.15) is 17.2 Å². The van der Waals surface area contributed by atoms with Crippen molar-refractivity contribution in [3.05, 3.63) is 52.2 Å². The number of nitrogens with one attached hydrogen (secondary N) is 2. The standard InChI is InChI=1S/C20H19Cl2FN2O4S.ClH/c1-11-14(21)2-3-15(22)20(11)30(26,27)25-13-8-12-5-7-28-19(12)18(9-13)29-17-4-6-24-10-16(17)23;/h2-3,5,7-9,16-17,24-25H,4,6,10H2,1H3;1H. The molecule has 3 aromatic rings. The van der Waals surface area contributed by atoms with E-state index in [0.717, 1.165) is 0 Å². The predicted octanol–water partition coefficient (Wildman–Crippen LogP) is 5.35. The molecule has 1 aliphatic heterocycles. The van der Waals surface area contributed by atoms with E-state index in [9.17, 15) is 12.8 Å². The van der Waals surface area contributed by atoms with E-state index >= 15 is 0 Å². The minimum atomic E-state index is -4.05. The number of hydrogen-bond donors (Lipinski definition) is 2. The van der Waals surface area contributed by atoms with Crippen LogP contribution in [-0.4, -0.2) is 33.8 Å². The van der Waals surface area contributed by atoms with E-state index in [2.05, 4.69) is 10.0 Å². The Labute approximate surface area is 195 Å². The third-order valence-corrected chi connectivity index (χ3v) is 7.36. The van der Waals surface area contributed by atoms with Crippen molar-refractivity contribution in [2.24, 2.45) is 0 Å². The summed E-state index contributed by atoms with van der Waals surface area (Å²) in [6.45, 7) is 2.41. The summed E-state index contributed by atoms with van der Waals surface area (Å²) in [7, 11) is -4.05. The van der Waals surface area contributed by atoms with E-state index in [-0.39, 0.29) is 45.3 Å². The molecular formula is C20H20Cl3FN2O4S. The van der Waals surface area contributed by atoms with E-state index in [1.807, 2.05) is 0 Å². The maximum Gasteiger partial charge on any atom is 0.263 e. The second kappa shape index (κ2) is 9.42. The van der Waals surface area contributed by atoms with Gasteiger partial charge in [-0.25, -0.2) is 12.8 Å². The molecule has 1 saturated heterocycles. The van der Waals surface area contributed by atoms with Crippen LogP contribution < -0.4 is 14.8 Å². The van der Waals surface area contributed by atoms with Gasteiger partial charge in [-0.3, -0.25) is 4.72 Å². The average Bonchev–Trinajstić information content (AvgIpc) is 3.15. The van der Waals surface area contributed by atoms with Crippen LogP contribution in [0, 0.1) is 6.92 Å². The Kier molecular flexibility index (Phi) is 7.28. The molecule has 0 radical (unpaired) electrons. The minimum Gasteiger partial charge on any atom is -0.483 e. The van der Waals surface area contributed by atoms with Crippen LogP contribution in [0.25, 0.3) is 11.0 Å². The number of sulfonamides is 1. The quantitative estimate of drug-likeness (QED) is 0.485. The van der Waals surface area contributed by atoms with Crippen LogP contribution in [0.2, 0.25) is 10.0 Å². The minimum absolute atomic E-state index is 0. The number of furan rings is 1. The summed E-state index contributed by atoms with van der Waals surface area (Å²) in [5, 5.41) is 3.92. The van der Waals surface area contributed by atoms with Crippen molar-refractivity contribution in [1.29, 1.82) is 0 Å². The highest BCUT2D eigenvalue weighted by Gasteiger charge is 2.28. The van der Waals surface area contributed by atoms with Crippen LogP contribution in [0.4, 0.5) is 10.1 Å². The Morgan fingerprint density at radius 1 is 1.23 bits per heavy atom. The zero-order valence-electron chi connectivity index (χ0n) is 16.3. The molecule has 0 amide bonds. The van der Waals surface area contributed by atoms with Gasteiger partial charge in [-0.2, -0.15) is 0 Å². The van der Waals surface area contributed by atoms with Crippen molar-refractivity contribution in [3.63, 3.8) is 0 Å². The molecule has 4 rings (SSSR count). The summed E-state index contributed by atoms with van der Waals surface area (Å²) in [5.41, 5.74) is 0.992. The Balaban J connectivity index is 0.00000272. The Morgan fingerprint density at radius 3 is 2.71 bits per heavy atom. The molecule has 1 fully saturated rings. The summed E-state index contributed by atoms with van der Waals surface area (Å²) in [6, 6.07) is 7.72. The highest BCUT2D eigenvalue weighted by molar-refractivity contribution is 7.93. The smallest absolute Gasteiger partial charge is 0.263 e. The first-order valence-corrected chi connectivity index (χ1v) is 11.5. The first kappa shape index (κ1) is 23.9. The number of hydrogen-bond acceptors (Lipinski definition) is 5. The summed E-state index contributed by atoms with van der Waals surface area (Å²) in [5.74, 6) is 0.263. The lowest BCUT2D eigenvalue weighted by Crippen LogP contribution is -2.44. The zero-order chi connectivity index (χ0) is 21.5. The number of anilines is 1. The third kappa shape index (κ3) is 4.88. The average molecular weight is 510 g/mol. The van der Waals surface area contributed by atoms with E-state index < -0.39 is 22.3 Å². The fourth-order valence-electron chi connectivity index (χ4n) is 3.46. The SMILES string of the molecule is Cc1c(Cl)ccc(Cl)c1S(=O)(=O)Nc1cc(OC2CCNCC2F)c2occc2c1.Cl. The highest BCUT2D eigenvalue weighted by atomic mass is 35.5. The van der Waals surface area contributed by atoms with E-state index in [0.29, 0.717) is 29.5 Å². The summed E-state index contributed by atoms with van der Waals surface area (Å²) in [4.78, 5) is -0.103. The van der Waals surface area contributed by atoms with Gasteiger partial charge in [-0.05, 0) is 49.7 Å². The number of alkyl halides is 1. The molecule has 2 aromatic carbocycles. The monoisotopic (exact) mass is 508 g/mol. The molecule has 0 bridgehead atoms. The van der Waals surface area contributed by atoms with Gasteiger partial charge >= 0.3 is 0 Å². The van der Waals surface area contributed by atoms with Crippen LogP contribution in [0.1, 0.15) is 12.0 Å². The first-order chi connectivity index (χ1) is 14.3. The molecule has 6 nitrogen and oxygen atoms in total. The van der Waals surface area contributed by atoms with Crippen molar-refractivity contribution in [3.8, 4) is 5.75 Å². The van der Waals surface area contributed by atoms with Crippen molar-refractivity contribution in [2.75, 3.05) is 17.8 Å². The molecule has 11 heteroatoms. The Bertz CT molecular complexity index is 1200. The molecule has 1 aromatic heterocycles. The van der Waals surface area contributed by atoms with Gasteiger partial charge in [0.25, 0.3) is 10.0 Å². The van der Waals surface area contributed by atoms with Crippen LogP contribution in [-0.2, 0) is 10.0 Å². The number of piperidine rings is 1. The van der Waals surface area contributed by atoms with Gasteiger partial charge < -0.3 is 14.5 Å². The molecular weight excluding hydrogens is 490 g/mol. The lowest BCUT2D eigenvalue weighted by atomic mass is 10.1. The van der Waals surface area contributed by atoms with Crippen molar-refractivity contribution >= 4 is 62.3 Å². The molecule has 2 N–H and O–H groups in total. The van der Waals surface area contributed by atoms with E-state index in [1.165, 1.54) is 24.5 Å². The van der Waals surface area contributed by atoms with Crippen LogP contribution in [0.15, 0.2) is 45.9 Å². The summed E-state index contributed by atoms with van der Waals surface area (Å²) < 4.78 is 54.2. The van der Waals surface area contributed by atoms with Crippen molar-refractivity contribution < 1.29 is 22.0 Å². The lowest BCUT2D eigenvalue weighted by molar-refractivity contribution is 0.0736. The van der Waals surface area contributed by atoms with Crippen molar-refractivity contribution in [1.82, 2.24) is 5.32 Å². The maximum absolute atomic E-state index is 14.2.